The van der Waals surface area contributed by atoms with Gasteiger partial charge < -0.3 is 20.2 Å². The van der Waals surface area contributed by atoms with Crippen molar-refractivity contribution in [2.24, 2.45) is 0 Å². The molecule has 0 aliphatic rings. The van der Waals surface area contributed by atoms with Crippen LogP contribution in [0.5, 0.6) is 0 Å². The van der Waals surface area contributed by atoms with Crippen LogP contribution in [0.3, 0.4) is 0 Å². The summed E-state index contributed by atoms with van der Waals surface area (Å²) in [5, 5.41) is 27.3. The number of hydrogen-bond acceptors (Lipinski definition) is 3. The highest BCUT2D eigenvalue weighted by molar-refractivity contribution is 5.65. The Balaban J connectivity index is 2.61. The number of aliphatic hydroxyl groups excluding tert-OH is 2. The fourth-order valence-electron chi connectivity index (χ4n) is 1.38. The number of rotatable bonds is 5. The zero-order valence-electron chi connectivity index (χ0n) is 8.78. The van der Waals surface area contributed by atoms with Crippen molar-refractivity contribution in [2.75, 3.05) is 19.7 Å². The molecule has 1 atom stereocenters. The number of carboxylic acid groups (broad SMARTS) is 1. The molecule has 5 nitrogen and oxygen atoms in total. The van der Waals surface area contributed by atoms with Gasteiger partial charge in [0.25, 0.3) is 0 Å². The van der Waals surface area contributed by atoms with E-state index < -0.39 is 12.2 Å². The van der Waals surface area contributed by atoms with Gasteiger partial charge in [-0.3, -0.25) is 0 Å². The molecule has 0 saturated carbocycles. The van der Waals surface area contributed by atoms with Crippen LogP contribution in [-0.2, 0) is 0 Å². The van der Waals surface area contributed by atoms with E-state index in [4.69, 9.17) is 10.2 Å². The SMILES string of the molecule is O=C(O)N(CCO)CC(O)c1ccccc1. The quantitative estimate of drug-likeness (QED) is 0.688. The third kappa shape index (κ3) is 3.52. The van der Waals surface area contributed by atoms with E-state index in [1.165, 1.54) is 0 Å². The highest BCUT2D eigenvalue weighted by Crippen LogP contribution is 2.13. The number of hydrogen-bond donors (Lipinski definition) is 3. The van der Waals surface area contributed by atoms with Gasteiger partial charge in [0.1, 0.15) is 0 Å². The molecular weight excluding hydrogens is 210 g/mol. The predicted molar refractivity (Wildman–Crippen MR) is 58.1 cm³/mol. The first-order valence-electron chi connectivity index (χ1n) is 4.97. The summed E-state index contributed by atoms with van der Waals surface area (Å²) in [5.41, 5.74) is 0.659. The Morgan fingerprint density at radius 1 is 1.31 bits per heavy atom. The summed E-state index contributed by atoms with van der Waals surface area (Å²) in [6, 6.07) is 8.82. The summed E-state index contributed by atoms with van der Waals surface area (Å²) in [6.45, 7) is -0.299. The minimum Gasteiger partial charge on any atom is -0.465 e. The topological polar surface area (TPSA) is 81.0 Å². The van der Waals surface area contributed by atoms with E-state index in [9.17, 15) is 9.90 Å². The van der Waals surface area contributed by atoms with E-state index in [2.05, 4.69) is 0 Å². The summed E-state index contributed by atoms with van der Waals surface area (Å²) in [7, 11) is 0. The number of benzene rings is 1. The van der Waals surface area contributed by atoms with Crippen LogP contribution < -0.4 is 0 Å². The molecular formula is C11H15NO4. The molecule has 1 rings (SSSR count). The second-order valence-electron chi connectivity index (χ2n) is 3.38. The maximum atomic E-state index is 10.8. The highest BCUT2D eigenvalue weighted by atomic mass is 16.4. The van der Waals surface area contributed by atoms with Crippen molar-refractivity contribution in [1.29, 1.82) is 0 Å². The summed E-state index contributed by atoms with van der Waals surface area (Å²) >= 11 is 0. The van der Waals surface area contributed by atoms with Crippen LogP contribution in [0.25, 0.3) is 0 Å². The minimum atomic E-state index is -1.15. The zero-order valence-corrected chi connectivity index (χ0v) is 8.78. The summed E-state index contributed by atoms with van der Waals surface area (Å²) in [4.78, 5) is 11.7. The lowest BCUT2D eigenvalue weighted by Crippen LogP contribution is -2.35. The van der Waals surface area contributed by atoms with Crippen LogP contribution >= 0.6 is 0 Å². The summed E-state index contributed by atoms with van der Waals surface area (Å²) in [6.07, 6.45) is -2.02. The van der Waals surface area contributed by atoms with Gasteiger partial charge in [-0.05, 0) is 5.56 Å². The molecule has 0 bridgehead atoms. The maximum absolute atomic E-state index is 10.8. The molecule has 1 unspecified atom stereocenters. The molecule has 1 aromatic carbocycles. The standard InChI is InChI=1S/C11H15NO4/c13-7-6-12(11(15)16)8-10(14)9-4-2-1-3-5-9/h1-5,10,13-14H,6-8H2,(H,15,16). The summed E-state index contributed by atoms with van der Waals surface area (Å²) in [5.74, 6) is 0. The van der Waals surface area contributed by atoms with E-state index >= 15 is 0 Å². The van der Waals surface area contributed by atoms with E-state index in [1.54, 1.807) is 24.3 Å². The number of aliphatic hydroxyl groups is 2. The first kappa shape index (κ1) is 12.5. The fraction of sp³-hybridized carbons (Fsp3) is 0.364. The average Bonchev–Trinajstić information content (AvgIpc) is 2.29. The molecule has 1 amide bonds. The minimum absolute atomic E-state index is 0.000767. The number of carbonyl (C=O) groups is 1. The van der Waals surface area contributed by atoms with Crippen LogP contribution in [0.4, 0.5) is 4.79 Å². The van der Waals surface area contributed by atoms with E-state index in [0.29, 0.717) is 5.56 Å². The highest BCUT2D eigenvalue weighted by Gasteiger charge is 2.16. The van der Waals surface area contributed by atoms with Gasteiger partial charge in [-0.25, -0.2) is 4.79 Å². The van der Waals surface area contributed by atoms with Crippen molar-refractivity contribution in [3.05, 3.63) is 35.9 Å². The molecule has 5 heteroatoms. The first-order valence-corrected chi connectivity index (χ1v) is 4.97. The third-order valence-corrected chi connectivity index (χ3v) is 2.22. The first-order chi connectivity index (χ1) is 7.65. The Bertz CT molecular complexity index is 328. The van der Waals surface area contributed by atoms with E-state index in [-0.39, 0.29) is 19.7 Å². The molecule has 88 valence electrons. The zero-order chi connectivity index (χ0) is 12.0. The van der Waals surface area contributed by atoms with Crippen molar-refractivity contribution in [2.45, 2.75) is 6.10 Å². The predicted octanol–water partition coefficient (Wildman–Crippen LogP) is 0.692. The molecule has 0 radical (unpaired) electrons. The van der Waals surface area contributed by atoms with Crippen LogP contribution in [-0.4, -0.2) is 46.0 Å². The van der Waals surface area contributed by atoms with Gasteiger partial charge in [0.2, 0.25) is 0 Å². The normalized spacial score (nSPS) is 12.1. The van der Waals surface area contributed by atoms with Gasteiger partial charge in [-0.2, -0.15) is 0 Å². The van der Waals surface area contributed by atoms with Gasteiger partial charge in [0.15, 0.2) is 0 Å². The third-order valence-electron chi connectivity index (χ3n) is 2.22. The monoisotopic (exact) mass is 225 g/mol. The van der Waals surface area contributed by atoms with E-state index in [1.807, 2.05) is 6.07 Å². The molecule has 0 aromatic heterocycles. The molecule has 0 heterocycles. The van der Waals surface area contributed by atoms with Gasteiger partial charge in [0, 0.05) is 6.54 Å². The Morgan fingerprint density at radius 3 is 2.44 bits per heavy atom. The molecule has 1 aromatic rings. The number of amides is 1. The van der Waals surface area contributed by atoms with Gasteiger partial charge >= 0.3 is 6.09 Å². The smallest absolute Gasteiger partial charge is 0.407 e. The fourth-order valence-corrected chi connectivity index (χ4v) is 1.38. The van der Waals surface area contributed by atoms with Crippen LogP contribution in [0.1, 0.15) is 11.7 Å². The molecule has 16 heavy (non-hydrogen) atoms. The Labute approximate surface area is 93.6 Å². The molecule has 0 aliphatic carbocycles. The van der Waals surface area contributed by atoms with Crippen molar-refractivity contribution >= 4 is 6.09 Å². The lowest BCUT2D eigenvalue weighted by atomic mass is 10.1. The van der Waals surface area contributed by atoms with Gasteiger partial charge in [0.05, 0.1) is 19.3 Å². The van der Waals surface area contributed by atoms with Crippen molar-refractivity contribution in [3.63, 3.8) is 0 Å². The van der Waals surface area contributed by atoms with Crippen LogP contribution in [0.2, 0.25) is 0 Å². The van der Waals surface area contributed by atoms with Gasteiger partial charge in [-0.1, -0.05) is 30.3 Å². The molecule has 0 aliphatic heterocycles. The molecule has 3 N–H and O–H groups in total. The average molecular weight is 225 g/mol. The molecule has 0 fully saturated rings. The van der Waals surface area contributed by atoms with Crippen molar-refractivity contribution in [1.82, 2.24) is 4.90 Å². The maximum Gasteiger partial charge on any atom is 0.407 e. The second kappa shape index (κ2) is 6.09. The lowest BCUT2D eigenvalue weighted by molar-refractivity contribution is 0.0872. The van der Waals surface area contributed by atoms with Crippen LogP contribution in [0.15, 0.2) is 30.3 Å². The lowest BCUT2D eigenvalue weighted by Gasteiger charge is -2.21. The summed E-state index contributed by atoms with van der Waals surface area (Å²) < 4.78 is 0. The van der Waals surface area contributed by atoms with Crippen molar-refractivity contribution < 1.29 is 20.1 Å². The Hall–Kier alpha value is -1.59. The van der Waals surface area contributed by atoms with Crippen molar-refractivity contribution in [3.8, 4) is 0 Å². The Morgan fingerprint density at radius 2 is 1.94 bits per heavy atom. The Kier molecular flexibility index (Phi) is 4.75. The molecule has 0 spiro atoms. The molecule has 0 saturated heterocycles. The second-order valence-corrected chi connectivity index (χ2v) is 3.38. The van der Waals surface area contributed by atoms with E-state index in [0.717, 1.165) is 4.90 Å². The largest absolute Gasteiger partial charge is 0.465 e. The number of nitrogens with zero attached hydrogens (tertiary/aromatic N) is 1. The van der Waals surface area contributed by atoms with Gasteiger partial charge in [-0.15, -0.1) is 0 Å². The van der Waals surface area contributed by atoms with Crippen LogP contribution in [0, 0.1) is 0 Å².